The Hall–Kier alpha value is -1.64. The van der Waals surface area contributed by atoms with Crippen molar-refractivity contribution in [3.63, 3.8) is 0 Å². The second-order valence-corrected chi connectivity index (χ2v) is 10.4. The van der Waals surface area contributed by atoms with Crippen molar-refractivity contribution in [2.24, 2.45) is 11.5 Å². The van der Waals surface area contributed by atoms with Crippen molar-refractivity contribution >= 4 is 0 Å². The van der Waals surface area contributed by atoms with E-state index in [1.165, 1.54) is 27.8 Å². The first-order valence-electron chi connectivity index (χ1n) is 11.3. The van der Waals surface area contributed by atoms with Gasteiger partial charge in [-0.15, -0.1) is 0 Å². The van der Waals surface area contributed by atoms with E-state index in [4.69, 9.17) is 11.5 Å². The van der Waals surface area contributed by atoms with Gasteiger partial charge in [-0.25, -0.2) is 0 Å². The highest BCUT2D eigenvalue weighted by Gasteiger charge is 2.50. The molecule has 3 rings (SSSR count). The van der Waals surface area contributed by atoms with E-state index in [2.05, 4.69) is 90.9 Å². The standard InChI is InChI=1S/C27H40N2/c1-8-26(9-2)18-27(10-3,21-13-11-12-19(16-21)24(4,5)28)22-15-14-20(17-23(22)26)25(6,7)29/h11-17H,8-10,18,28-29H2,1-7H3. The molecule has 2 aromatic rings. The maximum absolute atomic E-state index is 6.49. The first-order chi connectivity index (χ1) is 13.4. The van der Waals surface area contributed by atoms with Crippen LogP contribution in [0, 0.1) is 0 Å². The lowest BCUT2D eigenvalue weighted by Crippen LogP contribution is -2.31. The van der Waals surface area contributed by atoms with Crippen LogP contribution in [-0.4, -0.2) is 0 Å². The Labute approximate surface area is 178 Å². The normalized spacial score (nSPS) is 21.3. The molecule has 0 radical (unpaired) electrons. The van der Waals surface area contributed by atoms with Crippen molar-refractivity contribution in [2.45, 2.75) is 96.1 Å². The van der Waals surface area contributed by atoms with Crippen LogP contribution in [-0.2, 0) is 21.9 Å². The average molecular weight is 393 g/mol. The zero-order valence-electron chi connectivity index (χ0n) is 19.5. The van der Waals surface area contributed by atoms with Crippen LogP contribution in [0.25, 0.3) is 0 Å². The Balaban J connectivity index is 2.28. The highest BCUT2D eigenvalue weighted by Crippen LogP contribution is 2.58. The van der Waals surface area contributed by atoms with Crippen LogP contribution in [0.4, 0.5) is 0 Å². The van der Waals surface area contributed by atoms with Crippen molar-refractivity contribution in [3.8, 4) is 0 Å². The van der Waals surface area contributed by atoms with E-state index < -0.39 is 0 Å². The maximum Gasteiger partial charge on any atom is 0.0352 e. The lowest BCUT2D eigenvalue weighted by molar-refractivity contribution is 0.323. The second-order valence-electron chi connectivity index (χ2n) is 10.4. The summed E-state index contributed by atoms with van der Waals surface area (Å²) in [6.07, 6.45) is 4.53. The molecule has 1 aliphatic rings. The lowest BCUT2D eigenvalue weighted by atomic mass is 9.69. The first-order valence-corrected chi connectivity index (χ1v) is 11.3. The lowest BCUT2D eigenvalue weighted by Gasteiger charge is -2.35. The summed E-state index contributed by atoms with van der Waals surface area (Å²) >= 11 is 0. The van der Waals surface area contributed by atoms with Gasteiger partial charge < -0.3 is 11.5 Å². The van der Waals surface area contributed by atoms with E-state index in [0.717, 1.165) is 25.7 Å². The molecule has 1 unspecified atom stereocenters. The third kappa shape index (κ3) is 3.55. The number of rotatable bonds is 6. The van der Waals surface area contributed by atoms with Gasteiger partial charge in [0.25, 0.3) is 0 Å². The molecule has 0 aliphatic heterocycles. The monoisotopic (exact) mass is 392 g/mol. The van der Waals surface area contributed by atoms with Gasteiger partial charge in [-0.3, -0.25) is 0 Å². The van der Waals surface area contributed by atoms with Crippen LogP contribution in [0.2, 0.25) is 0 Å². The topological polar surface area (TPSA) is 52.0 Å². The average Bonchev–Trinajstić information content (AvgIpc) is 2.98. The highest BCUT2D eigenvalue weighted by molar-refractivity contribution is 5.55. The number of fused-ring (bicyclic) bond motifs is 1. The Morgan fingerprint density at radius 2 is 1.34 bits per heavy atom. The van der Waals surface area contributed by atoms with E-state index in [1.54, 1.807) is 0 Å². The fourth-order valence-electron chi connectivity index (χ4n) is 5.44. The van der Waals surface area contributed by atoms with Gasteiger partial charge in [-0.1, -0.05) is 63.2 Å². The summed E-state index contributed by atoms with van der Waals surface area (Å²) in [5.74, 6) is 0. The van der Waals surface area contributed by atoms with Crippen molar-refractivity contribution in [1.29, 1.82) is 0 Å². The summed E-state index contributed by atoms with van der Waals surface area (Å²) in [5.41, 5.74) is 19.3. The molecule has 2 heteroatoms. The Morgan fingerprint density at radius 3 is 1.86 bits per heavy atom. The van der Waals surface area contributed by atoms with Crippen LogP contribution in [0.15, 0.2) is 42.5 Å². The quantitative estimate of drug-likeness (QED) is 0.612. The van der Waals surface area contributed by atoms with E-state index >= 15 is 0 Å². The molecule has 29 heavy (non-hydrogen) atoms. The molecule has 0 fully saturated rings. The Morgan fingerprint density at radius 1 is 0.759 bits per heavy atom. The molecule has 2 aromatic carbocycles. The molecule has 0 amide bonds. The highest BCUT2D eigenvalue weighted by atomic mass is 14.7. The van der Waals surface area contributed by atoms with Crippen molar-refractivity contribution in [2.75, 3.05) is 0 Å². The van der Waals surface area contributed by atoms with E-state index in [1.807, 2.05) is 0 Å². The second kappa shape index (κ2) is 7.25. The number of hydrogen-bond donors (Lipinski definition) is 2. The van der Waals surface area contributed by atoms with E-state index in [-0.39, 0.29) is 21.9 Å². The molecular formula is C27H40N2. The van der Waals surface area contributed by atoms with Gasteiger partial charge in [0, 0.05) is 16.5 Å². The fourth-order valence-corrected chi connectivity index (χ4v) is 5.44. The van der Waals surface area contributed by atoms with E-state index in [0.29, 0.717) is 0 Å². The predicted molar refractivity (Wildman–Crippen MR) is 125 cm³/mol. The zero-order chi connectivity index (χ0) is 21.7. The van der Waals surface area contributed by atoms with Gasteiger partial charge >= 0.3 is 0 Å². The number of nitrogens with two attached hydrogens (primary N) is 2. The smallest absolute Gasteiger partial charge is 0.0352 e. The van der Waals surface area contributed by atoms with Gasteiger partial charge in [-0.2, -0.15) is 0 Å². The molecule has 0 saturated heterocycles. The summed E-state index contributed by atoms with van der Waals surface area (Å²) in [6, 6.07) is 16.1. The fraction of sp³-hybridized carbons (Fsp3) is 0.556. The molecule has 1 atom stereocenters. The van der Waals surface area contributed by atoms with Crippen LogP contribution in [0.5, 0.6) is 0 Å². The molecule has 0 heterocycles. The van der Waals surface area contributed by atoms with Gasteiger partial charge in [-0.05, 0) is 86.6 Å². The minimum atomic E-state index is -0.341. The largest absolute Gasteiger partial charge is 0.322 e. The van der Waals surface area contributed by atoms with Gasteiger partial charge in [0.2, 0.25) is 0 Å². The molecule has 158 valence electrons. The van der Waals surface area contributed by atoms with Crippen LogP contribution in [0.3, 0.4) is 0 Å². The molecule has 0 bridgehead atoms. The zero-order valence-corrected chi connectivity index (χ0v) is 19.5. The maximum atomic E-state index is 6.49. The van der Waals surface area contributed by atoms with Crippen LogP contribution in [0.1, 0.15) is 102 Å². The van der Waals surface area contributed by atoms with Crippen molar-refractivity contribution in [1.82, 2.24) is 0 Å². The SMILES string of the molecule is CCC1(CC)CC(CC)(c2cccc(C(C)(C)N)c2)c2ccc(C(C)(C)N)cc21. The third-order valence-electron chi connectivity index (χ3n) is 7.61. The molecular weight excluding hydrogens is 352 g/mol. The summed E-state index contributed by atoms with van der Waals surface area (Å²) in [4.78, 5) is 0. The Kier molecular flexibility index (Phi) is 5.51. The molecule has 2 nitrogen and oxygen atoms in total. The predicted octanol–water partition coefficient (Wildman–Crippen LogP) is 6.23. The van der Waals surface area contributed by atoms with Crippen molar-refractivity contribution in [3.05, 3.63) is 70.3 Å². The summed E-state index contributed by atoms with van der Waals surface area (Å²) in [6.45, 7) is 15.4. The first kappa shape index (κ1) is 22.1. The molecule has 1 aliphatic carbocycles. The summed E-state index contributed by atoms with van der Waals surface area (Å²) in [5, 5.41) is 0. The molecule has 0 aromatic heterocycles. The summed E-state index contributed by atoms with van der Waals surface area (Å²) < 4.78 is 0. The summed E-state index contributed by atoms with van der Waals surface area (Å²) in [7, 11) is 0. The molecule has 4 N–H and O–H groups in total. The van der Waals surface area contributed by atoms with Gasteiger partial charge in [0.1, 0.15) is 0 Å². The number of benzene rings is 2. The molecule has 0 saturated carbocycles. The van der Waals surface area contributed by atoms with Gasteiger partial charge in [0.05, 0.1) is 0 Å². The van der Waals surface area contributed by atoms with Crippen molar-refractivity contribution < 1.29 is 0 Å². The minimum Gasteiger partial charge on any atom is -0.322 e. The van der Waals surface area contributed by atoms with Crippen LogP contribution < -0.4 is 11.5 Å². The minimum absolute atomic E-state index is 0.0277. The molecule has 0 spiro atoms. The van der Waals surface area contributed by atoms with Crippen LogP contribution >= 0.6 is 0 Å². The van der Waals surface area contributed by atoms with Gasteiger partial charge in [0.15, 0.2) is 0 Å². The van der Waals surface area contributed by atoms with E-state index in [9.17, 15) is 0 Å². The number of hydrogen-bond acceptors (Lipinski definition) is 2. The Bertz CT molecular complexity index is 878. The third-order valence-corrected chi connectivity index (χ3v) is 7.61.